The van der Waals surface area contributed by atoms with Crippen LogP contribution in [-0.4, -0.2) is 48.6 Å². The number of hydrogen-bond donors (Lipinski definition) is 2. The van der Waals surface area contributed by atoms with Gasteiger partial charge in [0.2, 0.25) is 5.91 Å². The maximum atomic E-state index is 11.9. The van der Waals surface area contributed by atoms with Crippen molar-refractivity contribution in [3.8, 4) is 0 Å². The molecule has 2 aliphatic heterocycles. The van der Waals surface area contributed by atoms with Gasteiger partial charge in [0, 0.05) is 30.9 Å². The van der Waals surface area contributed by atoms with E-state index in [4.69, 9.17) is 12.2 Å². The maximum absolute atomic E-state index is 11.9. The molecular weight excluding hydrogens is 356 g/mol. The number of rotatable bonds is 6. The standard InChI is InChI=1S/C21H32N4OS/c1-17-16-18(9-10-19(17)25-15-6-8-20(25)26)23-21(27)22-11-7-14-24-12-4-2-3-5-13-24/h9-10,16H,2-8,11-15H2,1H3,(H2,22,23,27). The SMILES string of the molecule is Cc1cc(NC(=S)NCCCN2CCCCCC2)ccc1N1CCCC1=O. The van der Waals surface area contributed by atoms with Gasteiger partial charge in [0.05, 0.1) is 0 Å². The third-order valence-corrected chi connectivity index (χ3v) is 5.70. The molecule has 2 N–H and O–H groups in total. The second kappa shape index (κ2) is 10.0. The van der Waals surface area contributed by atoms with Crippen molar-refractivity contribution in [2.45, 2.75) is 51.9 Å². The Hall–Kier alpha value is -1.66. The van der Waals surface area contributed by atoms with Gasteiger partial charge in [-0.05, 0) is 88.2 Å². The predicted molar refractivity (Wildman–Crippen MR) is 117 cm³/mol. The van der Waals surface area contributed by atoms with Gasteiger partial charge in [0.25, 0.3) is 0 Å². The van der Waals surface area contributed by atoms with Crippen LogP contribution in [0, 0.1) is 6.92 Å². The van der Waals surface area contributed by atoms with E-state index < -0.39 is 0 Å². The quantitative estimate of drug-likeness (QED) is 0.575. The highest BCUT2D eigenvalue weighted by Crippen LogP contribution is 2.27. The van der Waals surface area contributed by atoms with Crippen LogP contribution in [0.25, 0.3) is 0 Å². The third kappa shape index (κ3) is 5.91. The summed E-state index contributed by atoms with van der Waals surface area (Å²) in [5.41, 5.74) is 3.08. The molecule has 3 rings (SSSR count). The van der Waals surface area contributed by atoms with Crippen LogP contribution < -0.4 is 15.5 Å². The number of amides is 1. The molecule has 0 bridgehead atoms. The van der Waals surface area contributed by atoms with Crippen molar-refractivity contribution in [2.24, 2.45) is 0 Å². The van der Waals surface area contributed by atoms with Crippen LogP contribution in [-0.2, 0) is 4.79 Å². The highest BCUT2D eigenvalue weighted by Gasteiger charge is 2.22. The van der Waals surface area contributed by atoms with E-state index in [2.05, 4.69) is 21.6 Å². The van der Waals surface area contributed by atoms with E-state index >= 15 is 0 Å². The second-order valence-corrected chi connectivity index (χ2v) is 8.05. The lowest BCUT2D eigenvalue weighted by molar-refractivity contribution is -0.117. The Labute approximate surface area is 168 Å². The molecule has 0 saturated carbocycles. The summed E-state index contributed by atoms with van der Waals surface area (Å²) in [6.07, 6.45) is 8.16. The van der Waals surface area contributed by atoms with Gasteiger partial charge in [-0.3, -0.25) is 4.79 Å². The van der Waals surface area contributed by atoms with E-state index in [1.165, 1.54) is 38.8 Å². The van der Waals surface area contributed by atoms with Gasteiger partial charge in [-0.1, -0.05) is 12.8 Å². The normalized spacial score (nSPS) is 18.4. The molecule has 0 aromatic heterocycles. The summed E-state index contributed by atoms with van der Waals surface area (Å²) >= 11 is 5.43. The van der Waals surface area contributed by atoms with E-state index in [1.807, 2.05) is 24.0 Å². The lowest BCUT2D eigenvalue weighted by atomic mass is 10.1. The summed E-state index contributed by atoms with van der Waals surface area (Å²) in [7, 11) is 0. The smallest absolute Gasteiger partial charge is 0.227 e. The molecule has 27 heavy (non-hydrogen) atoms. The minimum atomic E-state index is 0.223. The Morgan fingerprint density at radius 1 is 1.11 bits per heavy atom. The second-order valence-electron chi connectivity index (χ2n) is 7.64. The number of anilines is 2. The average Bonchev–Trinajstić information content (AvgIpc) is 2.90. The fourth-order valence-corrected chi connectivity index (χ4v) is 4.20. The van der Waals surface area contributed by atoms with Gasteiger partial charge in [0.1, 0.15) is 0 Å². The van der Waals surface area contributed by atoms with Crippen LogP contribution in [0.15, 0.2) is 18.2 Å². The molecular formula is C21H32N4OS. The topological polar surface area (TPSA) is 47.6 Å². The van der Waals surface area contributed by atoms with E-state index in [0.29, 0.717) is 11.5 Å². The molecule has 1 aromatic rings. The fraction of sp³-hybridized carbons (Fsp3) is 0.619. The fourth-order valence-electron chi connectivity index (χ4n) is 3.98. The highest BCUT2D eigenvalue weighted by molar-refractivity contribution is 7.80. The molecule has 2 aliphatic rings. The van der Waals surface area contributed by atoms with Gasteiger partial charge in [-0.25, -0.2) is 0 Å². The molecule has 2 saturated heterocycles. The van der Waals surface area contributed by atoms with Crippen molar-refractivity contribution in [1.29, 1.82) is 0 Å². The van der Waals surface area contributed by atoms with Crippen LogP contribution in [0.3, 0.4) is 0 Å². The van der Waals surface area contributed by atoms with Gasteiger partial charge in [-0.15, -0.1) is 0 Å². The predicted octanol–water partition coefficient (Wildman–Crippen LogP) is 3.67. The van der Waals surface area contributed by atoms with Gasteiger partial charge >= 0.3 is 0 Å². The van der Waals surface area contributed by atoms with E-state index in [-0.39, 0.29) is 5.91 Å². The zero-order valence-electron chi connectivity index (χ0n) is 16.4. The number of aryl methyl sites for hydroxylation is 1. The Morgan fingerprint density at radius 2 is 1.89 bits per heavy atom. The first-order chi connectivity index (χ1) is 13.1. The summed E-state index contributed by atoms with van der Waals surface area (Å²) in [6, 6.07) is 6.08. The molecule has 0 atom stereocenters. The maximum Gasteiger partial charge on any atom is 0.227 e. The van der Waals surface area contributed by atoms with Crippen LogP contribution in [0.4, 0.5) is 11.4 Å². The zero-order chi connectivity index (χ0) is 19.1. The number of likely N-dealkylation sites (tertiary alicyclic amines) is 1. The molecule has 5 nitrogen and oxygen atoms in total. The summed E-state index contributed by atoms with van der Waals surface area (Å²) < 4.78 is 0. The van der Waals surface area contributed by atoms with Gasteiger partial charge in [0.15, 0.2) is 5.11 Å². The number of thiocarbonyl (C=S) groups is 1. The minimum Gasteiger partial charge on any atom is -0.362 e. The number of carbonyl (C=O) groups excluding carboxylic acids is 1. The monoisotopic (exact) mass is 388 g/mol. The first kappa shape index (κ1) is 20.1. The highest BCUT2D eigenvalue weighted by atomic mass is 32.1. The summed E-state index contributed by atoms with van der Waals surface area (Å²) in [5.74, 6) is 0.223. The lowest BCUT2D eigenvalue weighted by Crippen LogP contribution is -2.32. The van der Waals surface area contributed by atoms with E-state index in [9.17, 15) is 4.79 Å². The number of carbonyl (C=O) groups is 1. The number of benzene rings is 1. The molecule has 0 spiro atoms. The van der Waals surface area contributed by atoms with E-state index in [1.54, 1.807) is 0 Å². The zero-order valence-corrected chi connectivity index (χ0v) is 17.2. The van der Waals surface area contributed by atoms with Crippen molar-refractivity contribution < 1.29 is 4.79 Å². The third-order valence-electron chi connectivity index (χ3n) is 5.45. The van der Waals surface area contributed by atoms with Gasteiger partial charge in [-0.2, -0.15) is 0 Å². The largest absolute Gasteiger partial charge is 0.362 e. The molecule has 1 amide bonds. The summed E-state index contributed by atoms with van der Waals surface area (Å²) in [5, 5.41) is 7.24. The van der Waals surface area contributed by atoms with Crippen LogP contribution in [0.2, 0.25) is 0 Å². The molecule has 2 fully saturated rings. The van der Waals surface area contributed by atoms with Crippen molar-refractivity contribution >= 4 is 34.6 Å². The lowest BCUT2D eigenvalue weighted by Gasteiger charge is -2.20. The van der Waals surface area contributed by atoms with Crippen molar-refractivity contribution in [1.82, 2.24) is 10.2 Å². The summed E-state index contributed by atoms with van der Waals surface area (Å²) in [6.45, 7) is 7.39. The van der Waals surface area contributed by atoms with Gasteiger partial charge < -0.3 is 20.4 Å². The average molecular weight is 389 g/mol. The Kier molecular flexibility index (Phi) is 7.47. The van der Waals surface area contributed by atoms with Crippen LogP contribution in [0.5, 0.6) is 0 Å². The number of nitrogens with zero attached hydrogens (tertiary/aromatic N) is 2. The number of nitrogens with one attached hydrogen (secondary N) is 2. The van der Waals surface area contributed by atoms with Crippen molar-refractivity contribution in [3.05, 3.63) is 23.8 Å². The van der Waals surface area contributed by atoms with Crippen molar-refractivity contribution in [2.75, 3.05) is 42.9 Å². The molecule has 0 radical (unpaired) electrons. The van der Waals surface area contributed by atoms with Crippen LogP contribution in [0.1, 0.15) is 50.5 Å². The molecule has 6 heteroatoms. The van der Waals surface area contributed by atoms with Crippen molar-refractivity contribution in [3.63, 3.8) is 0 Å². The Balaban J connectivity index is 1.41. The molecule has 0 unspecified atom stereocenters. The summed E-state index contributed by atoms with van der Waals surface area (Å²) in [4.78, 5) is 16.4. The first-order valence-corrected chi connectivity index (χ1v) is 10.7. The van der Waals surface area contributed by atoms with Crippen LogP contribution >= 0.6 is 12.2 Å². The minimum absolute atomic E-state index is 0.223. The molecule has 2 heterocycles. The van der Waals surface area contributed by atoms with E-state index in [0.717, 1.165) is 49.4 Å². The Morgan fingerprint density at radius 3 is 2.56 bits per heavy atom. The number of hydrogen-bond acceptors (Lipinski definition) is 3. The first-order valence-electron chi connectivity index (χ1n) is 10.3. The molecule has 0 aliphatic carbocycles. The Bertz CT molecular complexity index is 656. The molecule has 1 aromatic carbocycles. The molecule has 148 valence electrons.